The first-order chi connectivity index (χ1) is 24.7. The number of hydrogen-bond donors (Lipinski definition) is 2. The topological polar surface area (TPSA) is 144 Å². The van der Waals surface area contributed by atoms with Gasteiger partial charge in [-0.1, -0.05) is 22.9 Å². The first kappa shape index (κ1) is 33.5. The highest BCUT2D eigenvalue weighted by Gasteiger charge is 2.70. The number of aromatic amines is 1. The summed E-state index contributed by atoms with van der Waals surface area (Å²) in [6.07, 6.45) is 0.718. The molecule has 4 aromatic rings. The molecule has 6 unspecified atom stereocenters. The summed E-state index contributed by atoms with van der Waals surface area (Å²) in [6, 6.07) is 18.5. The molecule has 7 atom stereocenters. The number of halogens is 1. The standard InChI is InChI=1S/C37H32ClN3O8S2/c1-3-48-36(45)17-4-7-19(8-5-17)39-26(42)16-49-25-13-6-18(38)14-22(25)27-28-23-15-24(31(28)50-33-32(27)51-37(46)40-33)30-29(23)34(43)41(35(30)44)20-9-11-21(47-2)12-10-20/h4-14,23-24,27-31H,3,15-16H2,1-2H3,(H,39,42)(H,40,46)/t23?,24?,27-,28?,29?,30?,31?/m1/s1. The molecule has 3 aromatic carbocycles. The SMILES string of the molecule is CCOC(=O)c1ccc(NC(=O)COc2ccc(Cl)cc2[C@H]2c3sc(=O)[nH]c3SC3C4CC(C5C(=O)N(c6ccc(OC)cc6)C(=O)C45)C32)cc1. The highest BCUT2D eigenvalue weighted by atomic mass is 35.5. The van der Waals surface area contributed by atoms with Gasteiger partial charge in [0, 0.05) is 32.3 Å². The van der Waals surface area contributed by atoms with Crippen LogP contribution in [-0.4, -0.2) is 54.2 Å². The van der Waals surface area contributed by atoms with E-state index in [4.69, 9.17) is 25.8 Å². The highest BCUT2D eigenvalue weighted by molar-refractivity contribution is 8.00. The lowest BCUT2D eigenvalue weighted by Crippen LogP contribution is -2.42. The lowest BCUT2D eigenvalue weighted by molar-refractivity contribution is -0.123. The monoisotopic (exact) mass is 745 g/mol. The Kier molecular flexibility index (Phi) is 8.67. The molecule has 2 aliphatic carbocycles. The van der Waals surface area contributed by atoms with Gasteiger partial charge in [0.1, 0.15) is 11.5 Å². The quantitative estimate of drug-likeness (QED) is 0.156. The summed E-state index contributed by atoms with van der Waals surface area (Å²) < 4.78 is 16.5. The second-order valence-electron chi connectivity index (χ2n) is 13.0. The number of anilines is 2. The molecule has 262 valence electrons. The number of carbonyl (C=O) groups excluding carboxylic acids is 4. The number of aromatic nitrogens is 1. The molecule has 8 rings (SSSR count). The van der Waals surface area contributed by atoms with Crippen molar-refractivity contribution in [2.45, 2.75) is 29.5 Å². The maximum absolute atomic E-state index is 14.1. The zero-order valence-corrected chi connectivity index (χ0v) is 29.8. The van der Waals surface area contributed by atoms with Crippen molar-refractivity contribution in [1.29, 1.82) is 0 Å². The van der Waals surface area contributed by atoms with Gasteiger partial charge in [-0.2, -0.15) is 0 Å². The number of nitrogens with one attached hydrogen (secondary N) is 2. The van der Waals surface area contributed by atoms with Crippen molar-refractivity contribution in [1.82, 2.24) is 4.98 Å². The van der Waals surface area contributed by atoms with Crippen LogP contribution in [0.3, 0.4) is 0 Å². The average molecular weight is 746 g/mol. The summed E-state index contributed by atoms with van der Waals surface area (Å²) in [5, 5.41) is 3.95. The van der Waals surface area contributed by atoms with Crippen LogP contribution in [0.1, 0.15) is 40.1 Å². The van der Waals surface area contributed by atoms with Crippen LogP contribution in [0.5, 0.6) is 11.5 Å². The van der Waals surface area contributed by atoms with E-state index < -0.39 is 23.7 Å². The first-order valence-electron chi connectivity index (χ1n) is 16.6. The van der Waals surface area contributed by atoms with Gasteiger partial charge in [-0.15, -0.1) is 11.8 Å². The number of thioether (sulfide) groups is 1. The molecule has 2 aliphatic heterocycles. The van der Waals surface area contributed by atoms with Crippen molar-refractivity contribution < 1.29 is 33.4 Å². The maximum atomic E-state index is 14.1. The molecule has 14 heteroatoms. The van der Waals surface area contributed by atoms with Gasteiger partial charge in [0.25, 0.3) is 5.91 Å². The minimum absolute atomic E-state index is 0.0423. The van der Waals surface area contributed by atoms with Gasteiger partial charge in [-0.3, -0.25) is 24.1 Å². The Hall–Kier alpha value is -4.59. The van der Waals surface area contributed by atoms with E-state index in [1.807, 2.05) is 6.07 Å². The van der Waals surface area contributed by atoms with E-state index in [0.717, 1.165) is 27.7 Å². The minimum atomic E-state index is -0.490. The number of carbonyl (C=O) groups is 4. The number of rotatable bonds is 9. The second kappa shape index (κ2) is 13.2. The molecule has 2 N–H and O–H groups in total. The number of esters is 1. The van der Waals surface area contributed by atoms with Gasteiger partial charge in [-0.25, -0.2) is 4.79 Å². The summed E-state index contributed by atoms with van der Waals surface area (Å²) in [7, 11) is 1.56. The number of fused-ring (bicyclic) bond motifs is 9. The number of benzene rings is 3. The molecule has 3 heterocycles. The third-order valence-electron chi connectivity index (χ3n) is 10.4. The van der Waals surface area contributed by atoms with Crippen LogP contribution in [0.25, 0.3) is 0 Å². The maximum Gasteiger partial charge on any atom is 0.338 e. The first-order valence-corrected chi connectivity index (χ1v) is 18.6. The Labute approximate surface area is 305 Å². The molecular weight excluding hydrogens is 714 g/mol. The number of imide groups is 1. The molecule has 3 amide bonds. The number of nitrogens with zero attached hydrogens (tertiary/aromatic N) is 1. The molecule has 1 aromatic heterocycles. The Morgan fingerprint density at radius 2 is 1.71 bits per heavy atom. The van der Waals surface area contributed by atoms with Crippen LogP contribution in [0.2, 0.25) is 5.02 Å². The van der Waals surface area contributed by atoms with Crippen molar-refractivity contribution in [2.75, 3.05) is 30.5 Å². The molecule has 3 fully saturated rings. The van der Waals surface area contributed by atoms with E-state index in [0.29, 0.717) is 39.0 Å². The Morgan fingerprint density at radius 3 is 2.41 bits per heavy atom. The summed E-state index contributed by atoms with van der Waals surface area (Å²) in [4.78, 5) is 70.9. The third-order valence-corrected chi connectivity index (χ3v) is 13.2. The fourth-order valence-corrected chi connectivity index (χ4v) is 11.5. The number of hydrogen-bond acceptors (Lipinski definition) is 10. The van der Waals surface area contributed by atoms with Gasteiger partial charge < -0.3 is 24.5 Å². The smallest absolute Gasteiger partial charge is 0.338 e. The largest absolute Gasteiger partial charge is 0.497 e. The zero-order valence-electron chi connectivity index (χ0n) is 27.4. The van der Waals surface area contributed by atoms with E-state index >= 15 is 0 Å². The zero-order chi connectivity index (χ0) is 35.6. The molecule has 51 heavy (non-hydrogen) atoms. The average Bonchev–Trinajstić information content (AvgIpc) is 3.87. The molecule has 11 nitrogen and oxygen atoms in total. The summed E-state index contributed by atoms with van der Waals surface area (Å²) in [6.45, 7) is 1.67. The van der Waals surface area contributed by atoms with Gasteiger partial charge in [-0.05, 0) is 97.8 Å². The van der Waals surface area contributed by atoms with E-state index in [1.165, 1.54) is 4.90 Å². The van der Waals surface area contributed by atoms with Crippen LogP contribution in [-0.2, 0) is 19.1 Å². The van der Waals surface area contributed by atoms with Crippen molar-refractivity contribution in [2.24, 2.45) is 29.6 Å². The van der Waals surface area contributed by atoms with E-state index in [-0.39, 0.29) is 58.8 Å². The lowest BCUT2D eigenvalue weighted by atomic mass is 9.68. The van der Waals surface area contributed by atoms with Crippen molar-refractivity contribution in [3.05, 3.63) is 97.4 Å². The summed E-state index contributed by atoms with van der Waals surface area (Å²) in [5.41, 5.74) is 2.09. The second-order valence-corrected chi connectivity index (χ2v) is 15.6. The van der Waals surface area contributed by atoms with E-state index in [2.05, 4.69) is 10.3 Å². The fraction of sp³-hybridized carbons (Fsp3) is 0.324. The predicted molar refractivity (Wildman–Crippen MR) is 192 cm³/mol. The van der Waals surface area contributed by atoms with Crippen LogP contribution in [0, 0.1) is 29.6 Å². The van der Waals surface area contributed by atoms with Gasteiger partial charge in [0.15, 0.2) is 6.61 Å². The molecule has 0 spiro atoms. The van der Waals surface area contributed by atoms with Crippen LogP contribution >= 0.6 is 34.7 Å². The Balaban J connectivity index is 1.08. The Bertz CT molecular complexity index is 2120. The highest BCUT2D eigenvalue weighted by Crippen LogP contribution is 2.69. The molecule has 4 aliphatic rings. The lowest BCUT2D eigenvalue weighted by Gasteiger charge is -2.43. The molecule has 0 radical (unpaired) electrons. The fourth-order valence-electron chi connectivity index (χ4n) is 8.49. The minimum Gasteiger partial charge on any atom is -0.497 e. The molecule has 2 bridgehead atoms. The number of amides is 3. The van der Waals surface area contributed by atoms with E-state index in [9.17, 15) is 24.0 Å². The normalized spacial score (nSPS) is 25.6. The van der Waals surface area contributed by atoms with Crippen LogP contribution < -0.4 is 24.6 Å². The molecule has 1 saturated heterocycles. The van der Waals surface area contributed by atoms with Crippen LogP contribution in [0.15, 0.2) is 76.6 Å². The van der Waals surface area contributed by atoms with Crippen molar-refractivity contribution in [3.8, 4) is 11.5 Å². The number of thiazole rings is 1. The van der Waals surface area contributed by atoms with Gasteiger partial charge in [0.2, 0.25) is 11.8 Å². The number of H-pyrrole nitrogens is 1. The van der Waals surface area contributed by atoms with Crippen molar-refractivity contribution >= 4 is 69.8 Å². The van der Waals surface area contributed by atoms with Gasteiger partial charge in [0.05, 0.1) is 41.8 Å². The Morgan fingerprint density at radius 1 is 0.980 bits per heavy atom. The third kappa shape index (κ3) is 5.71. The predicted octanol–water partition coefficient (Wildman–Crippen LogP) is 5.97. The number of ether oxygens (including phenoxy) is 3. The molecular formula is C37H32ClN3O8S2. The van der Waals surface area contributed by atoms with Gasteiger partial charge >= 0.3 is 10.8 Å². The summed E-state index contributed by atoms with van der Waals surface area (Å²) in [5.74, 6) is -1.78. The molecule has 2 saturated carbocycles. The van der Waals surface area contributed by atoms with Crippen molar-refractivity contribution in [3.63, 3.8) is 0 Å². The number of methoxy groups -OCH3 is 1. The summed E-state index contributed by atoms with van der Waals surface area (Å²) >= 11 is 9.32. The van der Waals surface area contributed by atoms with E-state index in [1.54, 1.807) is 86.5 Å². The van der Waals surface area contributed by atoms with Crippen LogP contribution in [0.4, 0.5) is 11.4 Å².